The Balaban J connectivity index is 1.58. The monoisotopic (exact) mass is 391 g/mol. The van der Waals surface area contributed by atoms with Crippen LogP contribution < -0.4 is 5.32 Å². The molecule has 0 bridgehead atoms. The van der Waals surface area contributed by atoms with Gasteiger partial charge in [0, 0.05) is 18.4 Å². The molecule has 1 aliphatic rings. The Bertz CT molecular complexity index is 942. The van der Waals surface area contributed by atoms with E-state index in [4.69, 9.17) is 35.4 Å². The number of fused-ring (bicyclic) bond motifs is 1. The van der Waals surface area contributed by atoms with Gasteiger partial charge in [-0.25, -0.2) is 0 Å². The number of halogens is 2. The highest BCUT2D eigenvalue weighted by Crippen LogP contribution is 2.32. The lowest BCUT2D eigenvalue weighted by atomic mass is 10.2. The van der Waals surface area contributed by atoms with E-state index in [-0.39, 0.29) is 6.04 Å². The van der Waals surface area contributed by atoms with Crippen LogP contribution in [0.2, 0.25) is 10.0 Å². The summed E-state index contributed by atoms with van der Waals surface area (Å²) >= 11 is 17.7. The molecular formula is C17H15Cl2N5S. The van der Waals surface area contributed by atoms with Crippen LogP contribution in [0.1, 0.15) is 24.7 Å². The Labute approximate surface area is 160 Å². The smallest absolute Gasteiger partial charge is 0.174 e. The lowest BCUT2D eigenvalue weighted by Crippen LogP contribution is -2.35. The Morgan fingerprint density at radius 2 is 2.04 bits per heavy atom. The summed E-state index contributed by atoms with van der Waals surface area (Å²) in [6.45, 7) is 0.875. The summed E-state index contributed by atoms with van der Waals surface area (Å²) in [6, 6.07) is 11.4. The number of anilines is 1. The summed E-state index contributed by atoms with van der Waals surface area (Å²) in [6.07, 6.45) is 4.02. The van der Waals surface area contributed by atoms with Crippen LogP contribution in [0.3, 0.4) is 0 Å². The zero-order valence-corrected chi connectivity index (χ0v) is 15.5. The van der Waals surface area contributed by atoms with Gasteiger partial charge in [-0.1, -0.05) is 29.3 Å². The van der Waals surface area contributed by atoms with E-state index in [0.717, 1.165) is 36.5 Å². The van der Waals surface area contributed by atoms with Gasteiger partial charge in [-0.15, -0.1) is 10.2 Å². The topological polar surface area (TPSA) is 45.5 Å². The SMILES string of the molecule is S=C(Nc1ccc(Cl)c(Cl)c1)N1CCCC1c1nnc2ccccn12. The van der Waals surface area contributed by atoms with Gasteiger partial charge in [-0.05, 0) is 55.4 Å². The minimum absolute atomic E-state index is 0.0974. The first-order chi connectivity index (χ1) is 12.1. The average molecular weight is 392 g/mol. The maximum atomic E-state index is 6.08. The van der Waals surface area contributed by atoms with Crippen molar-refractivity contribution in [2.24, 2.45) is 0 Å². The van der Waals surface area contributed by atoms with E-state index >= 15 is 0 Å². The number of thiocarbonyl (C=S) groups is 1. The zero-order valence-electron chi connectivity index (χ0n) is 13.2. The standard InChI is InChI=1S/C17H15Cl2N5S/c18-12-7-6-11(10-13(12)19)20-17(25)23-9-3-4-14(23)16-22-21-15-5-1-2-8-24(15)16/h1-2,5-8,10,14H,3-4,9H2,(H,20,25). The molecular weight excluding hydrogens is 377 g/mol. The molecule has 1 saturated heterocycles. The molecule has 25 heavy (non-hydrogen) atoms. The molecule has 1 unspecified atom stereocenters. The third-order valence-corrected chi connectivity index (χ3v) is 5.40. The summed E-state index contributed by atoms with van der Waals surface area (Å²) in [5, 5.41) is 13.6. The van der Waals surface area contributed by atoms with Crippen LogP contribution in [0.15, 0.2) is 42.6 Å². The molecule has 2 aromatic heterocycles. The first-order valence-electron chi connectivity index (χ1n) is 7.96. The van der Waals surface area contributed by atoms with Crippen molar-refractivity contribution in [1.29, 1.82) is 0 Å². The highest BCUT2D eigenvalue weighted by Gasteiger charge is 2.31. The van der Waals surface area contributed by atoms with Crippen molar-refractivity contribution in [3.05, 3.63) is 58.5 Å². The molecule has 8 heteroatoms. The number of aromatic nitrogens is 3. The normalized spacial score (nSPS) is 17.2. The highest BCUT2D eigenvalue weighted by molar-refractivity contribution is 7.80. The minimum atomic E-state index is 0.0974. The summed E-state index contributed by atoms with van der Waals surface area (Å²) in [4.78, 5) is 2.15. The molecule has 1 fully saturated rings. The van der Waals surface area contributed by atoms with E-state index < -0.39 is 0 Å². The third kappa shape index (κ3) is 3.17. The fourth-order valence-corrected chi connectivity index (χ4v) is 3.77. The fourth-order valence-electron chi connectivity index (χ4n) is 3.13. The molecule has 4 rings (SSSR count). The minimum Gasteiger partial charge on any atom is -0.339 e. The van der Waals surface area contributed by atoms with Crippen LogP contribution in [0, 0.1) is 0 Å². The molecule has 3 aromatic rings. The van der Waals surface area contributed by atoms with Crippen molar-refractivity contribution in [2.45, 2.75) is 18.9 Å². The van der Waals surface area contributed by atoms with Gasteiger partial charge in [0.25, 0.3) is 0 Å². The predicted molar refractivity (Wildman–Crippen MR) is 104 cm³/mol. The van der Waals surface area contributed by atoms with Crippen molar-refractivity contribution in [1.82, 2.24) is 19.5 Å². The van der Waals surface area contributed by atoms with Gasteiger partial charge in [-0.2, -0.15) is 0 Å². The molecule has 0 saturated carbocycles. The van der Waals surface area contributed by atoms with Gasteiger partial charge in [0.05, 0.1) is 16.1 Å². The first-order valence-corrected chi connectivity index (χ1v) is 9.12. The second-order valence-corrected chi connectivity index (χ2v) is 7.10. The predicted octanol–water partition coefficient (Wildman–Crippen LogP) is 4.57. The molecule has 0 amide bonds. The first kappa shape index (κ1) is 16.6. The van der Waals surface area contributed by atoms with Crippen LogP contribution in [-0.2, 0) is 0 Å². The molecule has 3 heterocycles. The molecule has 5 nitrogen and oxygen atoms in total. The number of pyridine rings is 1. The van der Waals surface area contributed by atoms with Crippen LogP contribution in [0.25, 0.3) is 5.65 Å². The van der Waals surface area contributed by atoms with E-state index in [0.29, 0.717) is 15.2 Å². The molecule has 1 aromatic carbocycles. The summed E-state index contributed by atoms with van der Waals surface area (Å²) in [7, 11) is 0. The zero-order chi connectivity index (χ0) is 17.4. The number of hydrogen-bond acceptors (Lipinski definition) is 3. The summed E-state index contributed by atoms with van der Waals surface area (Å²) in [5.41, 5.74) is 1.66. The summed E-state index contributed by atoms with van der Waals surface area (Å²) in [5.74, 6) is 0.909. The van der Waals surface area contributed by atoms with Crippen molar-refractivity contribution in [3.8, 4) is 0 Å². The average Bonchev–Trinajstić information content (AvgIpc) is 3.24. The Morgan fingerprint density at radius 3 is 2.88 bits per heavy atom. The van der Waals surface area contributed by atoms with Crippen LogP contribution >= 0.6 is 35.4 Å². The van der Waals surface area contributed by atoms with Crippen LogP contribution in [0.4, 0.5) is 5.69 Å². The van der Waals surface area contributed by atoms with E-state index in [1.807, 2.05) is 34.9 Å². The molecule has 1 N–H and O–H groups in total. The molecule has 1 atom stereocenters. The van der Waals surface area contributed by atoms with Gasteiger partial charge in [0.2, 0.25) is 0 Å². The van der Waals surface area contributed by atoms with Crippen molar-refractivity contribution >= 4 is 51.9 Å². The van der Waals surface area contributed by atoms with E-state index in [9.17, 15) is 0 Å². The molecule has 128 valence electrons. The molecule has 0 aliphatic carbocycles. The Morgan fingerprint density at radius 1 is 1.16 bits per heavy atom. The van der Waals surface area contributed by atoms with E-state index in [1.54, 1.807) is 12.1 Å². The van der Waals surface area contributed by atoms with Gasteiger partial charge in [-0.3, -0.25) is 4.40 Å². The molecule has 1 aliphatic heterocycles. The maximum absolute atomic E-state index is 6.08. The number of nitrogens with one attached hydrogen (secondary N) is 1. The van der Waals surface area contributed by atoms with E-state index in [2.05, 4.69) is 20.4 Å². The number of rotatable bonds is 2. The lowest BCUT2D eigenvalue weighted by Gasteiger charge is -2.26. The van der Waals surface area contributed by atoms with Gasteiger partial charge in [0.15, 0.2) is 16.6 Å². The summed E-state index contributed by atoms with van der Waals surface area (Å²) < 4.78 is 2.02. The molecule has 0 spiro atoms. The maximum Gasteiger partial charge on any atom is 0.174 e. The Kier molecular flexibility index (Phi) is 4.50. The van der Waals surface area contributed by atoms with Crippen molar-refractivity contribution < 1.29 is 0 Å². The van der Waals surface area contributed by atoms with Gasteiger partial charge in [0.1, 0.15) is 0 Å². The quantitative estimate of drug-likeness (QED) is 0.648. The van der Waals surface area contributed by atoms with E-state index in [1.165, 1.54) is 0 Å². The number of nitrogens with zero attached hydrogens (tertiary/aromatic N) is 4. The largest absolute Gasteiger partial charge is 0.339 e. The third-order valence-electron chi connectivity index (χ3n) is 4.32. The van der Waals surface area contributed by atoms with Gasteiger partial charge < -0.3 is 10.2 Å². The van der Waals surface area contributed by atoms with Crippen molar-refractivity contribution in [3.63, 3.8) is 0 Å². The Hall–Kier alpha value is -1.89. The molecule has 0 radical (unpaired) electrons. The lowest BCUT2D eigenvalue weighted by molar-refractivity contribution is 0.387. The highest BCUT2D eigenvalue weighted by atomic mass is 35.5. The second kappa shape index (κ2) is 6.78. The van der Waals surface area contributed by atoms with Gasteiger partial charge >= 0.3 is 0 Å². The number of likely N-dealkylation sites (tertiary alicyclic amines) is 1. The van der Waals surface area contributed by atoms with Crippen LogP contribution in [0.5, 0.6) is 0 Å². The number of hydrogen-bond donors (Lipinski definition) is 1. The number of benzene rings is 1. The van der Waals surface area contributed by atoms with Crippen molar-refractivity contribution in [2.75, 3.05) is 11.9 Å². The van der Waals surface area contributed by atoms with Crippen LogP contribution in [-0.4, -0.2) is 31.2 Å². The fraction of sp³-hybridized carbons (Fsp3) is 0.235. The second-order valence-electron chi connectivity index (χ2n) is 5.90.